The van der Waals surface area contributed by atoms with Crippen LogP contribution in [0.1, 0.15) is 52.4 Å². The van der Waals surface area contributed by atoms with Gasteiger partial charge in [0.05, 0.1) is 25.5 Å². The topological polar surface area (TPSA) is 87.5 Å². The Morgan fingerprint density at radius 1 is 1.26 bits per heavy atom. The van der Waals surface area contributed by atoms with Gasteiger partial charge in [-0.1, -0.05) is 0 Å². The van der Waals surface area contributed by atoms with Crippen molar-refractivity contribution in [3.05, 3.63) is 12.0 Å². The number of pyridine rings is 1. The molecule has 1 N–H and O–H groups in total. The molecule has 0 spiro atoms. The van der Waals surface area contributed by atoms with Crippen molar-refractivity contribution >= 4 is 16.9 Å². The summed E-state index contributed by atoms with van der Waals surface area (Å²) in [6.45, 7) is 4.44. The number of fused-ring (bicyclic) bond motifs is 1. The van der Waals surface area contributed by atoms with Gasteiger partial charge in [0, 0.05) is 20.0 Å². The molecule has 31 heavy (non-hydrogen) atoms. The van der Waals surface area contributed by atoms with Crippen LogP contribution in [-0.4, -0.2) is 51.9 Å². The molecule has 0 aromatic carbocycles. The SMILES string of the molecule is CC(=O)N[C@@H](C)COC1CCC(Oc2nc3cnc(OCC4CC4)c(F)c3n2C)CC1. The maximum Gasteiger partial charge on any atom is 0.297 e. The molecule has 2 aromatic heterocycles. The molecule has 9 heteroatoms. The van der Waals surface area contributed by atoms with Crippen LogP contribution in [0, 0.1) is 11.7 Å². The summed E-state index contributed by atoms with van der Waals surface area (Å²) in [5.74, 6) is 0.00689. The van der Waals surface area contributed by atoms with Crippen molar-refractivity contribution < 1.29 is 23.4 Å². The Morgan fingerprint density at radius 2 is 1.97 bits per heavy atom. The van der Waals surface area contributed by atoms with E-state index < -0.39 is 5.82 Å². The molecule has 0 aliphatic heterocycles. The van der Waals surface area contributed by atoms with Crippen LogP contribution >= 0.6 is 0 Å². The first-order chi connectivity index (χ1) is 14.9. The molecule has 0 saturated heterocycles. The minimum atomic E-state index is -0.492. The summed E-state index contributed by atoms with van der Waals surface area (Å²) in [6.07, 6.45) is 7.37. The van der Waals surface area contributed by atoms with E-state index in [9.17, 15) is 9.18 Å². The van der Waals surface area contributed by atoms with Gasteiger partial charge >= 0.3 is 0 Å². The molecular formula is C22H31FN4O4. The fourth-order valence-corrected chi connectivity index (χ4v) is 3.95. The van der Waals surface area contributed by atoms with Crippen molar-refractivity contribution in [2.45, 2.75) is 70.6 Å². The highest BCUT2D eigenvalue weighted by atomic mass is 19.1. The van der Waals surface area contributed by atoms with Crippen molar-refractivity contribution in [2.75, 3.05) is 13.2 Å². The molecule has 2 heterocycles. The second kappa shape index (κ2) is 9.38. The quantitative estimate of drug-likeness (QED) is 0.653. The van der Waals surface area contributed by atoms with Crippen molar-refractivity contribution in [1.82, 2.24) is 19.9 Å². The summed E-state index contributed by atoms with van der Waals surface area (Å²) in [5, 5.41) is 2.82. The number of hydrogen-bond donors (Lipinski definition) is 1. The van der Waals surface area contributed by atoms with Crippen molar-refractivity contribution in [3.63, 3.8) is 0 Å². The van der Waals surface area contributed by atoms with Gasteiger partial charge in [0.2, 0.25) is 11.7 Å². The van der Waals surface area contributed by atoms with Crippen molar-refractivity contribution in [3.8, 4) is 11.9 Å². The minimum Gasteiger partial charge on any atom is -0.475 e. The second-order valence-corrected chi connectivity index (χ2v) is 8.77. The molecule has 0 bridgehead atoms. The largest absolute Gasteiger partial charge is 0.475 e. The molecule has 2 aliphatic carbocycles. The lowest BCUT2D eigenvalue weighted by molar-refractivity contribution is -0.120. The lowest BCUT2D eigenvalue weighted by Crippen LogP contribution is -2.37. The molecule has 8 nitrogen and oxygen atoms in total. The fraction of sp³-hybridized carbons (Fsp3) is 0.682. The Bertz CT molecular complexity index is 922. The second-order valence-electron chi connectivity index (χ2n) is 8.77. The predicted octanol–water partition coefficient (Wildman–Crippen LogP) is 3.13. The molecule has 170 valence electrons. The number of ether oxygens (including phenoxy) is 3. The predicted molar refractivity (Wildman–Crippen MR) is 113 cm³/mol. The molecule has 0 radical (unpaired) electrons. The fourth-order valence-electron chi connectivity index (χ4n) is 3.95. The number of nitrogens with one attached hydrogen (secondary N) is 1. The van der Waals surface area contributed by atoms with Crippen molar-refractivity contribution in [1.29, 1.82) is 0 Å². The van der Waals surface area contributed by atoms with Crippen LogP contribution in [0.3, 0.4) is 0 Å². The zero-order chi connectivity index (χ0) is 22.0. The molecule has 4 rings (SSSR count). The van der Waals surface area contributed by atoms with Gasteiger partial charge in [-0.15, -0.1) is 0 Å². The number of aryl methyl sites for hydroxylation is 1. The summed E-state index contributed by atoms with van der Waals surface area (Å²) >= 11 is 0. The molecular weight excluding hydrogens is 403 g/mol. The molecule has 2 aliphatic rings. The van der Waals surface area contributed by atoms with Gasteiger partial charge in [0.1, 0.15) is 17.1 Å². The van der Waals surface area contributed by atoms with E-state index in [-0.39, 0.29) is 30.0 Å². The van der Waals surface area contributed by atoms with E-state index in [4.69, 9.17) is 14.2 Å². The van der Waals surface area contributed by atoms with Crippen LogP contribution in [0.15, 0.2) is 6.20 Å². The van der Waals surface area contributed by atoms with Gasteiger partial charge in [-0.2, -0.15) is 9.37 Å². The average molecular weight is 435 g/mol. The van der Waals surface area contributed by atoms with Crippen LogP contribution in [-0.2, 0) is 16.6 Å². The summed E-state index contributed by atoms with van der Waals surface area (Å²) < 4.78 is 34.1. The first-order valence-corrected chi connectivity index (χ1v) is 11.1. The molecule has 1 amide bonds. The molecule has 1 atom stereocenters. The number of aromatic nitrogens is 3. The van der Waals surface area contributed by atoms with Gasteiger partial charge in [0.25, 0.3) is 11.9 Å². The van der Waals surface area contributed by atoms with Gasteiger partial charge < -0.3 is 19.5 Å². The smallest absolute Gasteiger partial charge is 0.297 e. The Labute approximate surface area is 181 Å². The number of amides is 1. The number of halogens is 1. The van der Waals surface area contributed by atoms with Crippen molar-refractivity contribution in [2.24, 2.45) is 13.0 Å². The minimum absolute atomic E-state index is 0.00439. The molecule has 2 saturated carbocycles. The normalized spacial score (nSPS) is 22.3. The maximum atomic E-state index is 14.9. The molecule has 0 unspecified atom stereocenters. The summed E-state index contributed by atoms with van der Waals surface area (Å²) in [5.41, 5.74) is 0.803. The van der Waals surface area contributed by atoms with E-state index in [2.05, 4.69) is 15.3 Å². The monoisotopic (exact) mass is 434 g/mol. The van der Waals surface area contributed by atoms with Crippen LogP contribution in [0.4, 0.5) is 4.39 Å². The van der Waals surface area contributed by atoms with Gasteiger partial charge in [0.15, 0.2) is 0 Å². The number of carbonyl (C=O) groups is 1. The van der Waals surface area contributed by atoms with Crippen LogP contribution in [0.25, 0.3) is 11.0 Å². The van der Waals surface area contributed by atoms with E-state index >= 15 is 0 Å². The van der Waals surface area contributed by atoms with E-state index in [0.717, 1.165) is 38.5 Å². The third-order valence-electron chi connectivity index (χ3n) is 5.86. The van der Waals surface area contributed by atoms with Crippen LogP contribution in [0.5, 0.6) is 11.9 Å². The van der Waals surface area contributed by atoms with E-state index in [1.54, 1.807) is 11.6 Å². The summed E-state index contributed by atoms with van der Waals surface area (Å²) in [7, 11) is 1.75. The van der Waals surface area contributed by atoms with Gasteiger partial charge in [-0.25, -0.2) is 4.98 Å². The third-order valence-corrected chi connectivity index (χ3v) is 5.86. The molecule has 2 fully saturated rings. The Kier molecular flexibility index (Phi) is 6.60. The third kappa shape index (κ3) is 5.44. The highest BCUT2D eigenvalue weighted by molar-refractivity contribution is 5.77. The van der Waals surface area contributed by atoms with E-state index in [0.29, 0.717) is 36.2 Å². The zero-order valence-electron chi connectivity index (χ0n) is 18.4. The lowest BCUT2D eigenvalue weighted by atomic mass is 9.95. The van der Waals surface area contributed by atoms with E-state index in [1.165, 1.54) is 13.1 Å². The molecule has 2 aromatic rings. The van der Waals surface area contributed by atoms with E-state index in [1.807, 2.05) is 6.92 Å². The maximum absolute atomic E-state index is 14.9. The standard InChI is InChI=1S/C22H31FN4O4/c1-13(25-14(2)28)11-29-16-6-8-17(9-7-16)31-22-26-18-10-24-21(30-12-15-4-5-15)19(23)20(18)27(22)3/h10,13,15-17H,4-9,11-12H2,1-3H3,(H,25,28)/t13-,16?,17?/m0/s1. The first kappa shape index (κ1) is 21.8. The number of hydrogen-bond acceptors (Lipinski definition) is 6. The Hall–Kier alpha value is -2.42. The average Bonchev–Trinajstić information content (AvgIpc) is 3.50. The highest BCUT2D eigenvalue weighted by Crippen LogP contribution is 2.32. The Balaban J connectivity index is 1.32. The summed E-state index contributed by atoms with van der Waals surface area (Å²) in [6, 6.07) is 0.381. The number of nitrogens with zero attached hydrogens (tertiary/aromatic N) is 3. The number of imidazole rings is 1. The first-order valence-electron chi connectivity index (χ1n) is 11.1. The Morgan fingerprint density at radius 3 is 2.65 bits per heavy atom. The highest BCUT2D eigenvalue weighted by Gasteiger charge is 2.27. The summed E-state index contributed by atoms with van der Waals surface area (Å²) in [4.78, 5) is 19.6. The number of rotatable bonds is 9. The van der Waals surface area contributed by atoms with Crippen LogP contribution in [0.2, 0.25) is 0 Å². The lowest BCUT2D eigenvalue weighted by Gasteiger charge is -2.29. The zero-order valence-corrected chi connectivity index (χ0v) is 18.4. The van der Waals surface area contributed by atoms with Crippen LogP contribution < -0.4 is 14.8 Å². The van der Waals surface area contributed by atoms with Gasteiger partial charge in [-0.05, 0) is 51.4 Å². The van der Waals surface area contributed by atoms with Gasteiger partial charge in [-0.3, -0.25) is 9.36 Å². The number of carbonyl (C=O) groups excluding carboxylic acids is 1.